The smallest absolute Gasteiger partial charge is 0.254 e. The molecule has 4 aromatic carbocycles. The minimum absolute atomic E-state index is 0.192. The fraction of sp³-hybridized carbons (Fsp3) is 0.282. The van der Waals surface area contributed by atoms with Crippen LogP contribution in [0, 0.1) is 0 Å². The lowest BCUT2D eigenvalue weighted by Crippen LogP contribution is -2.55. The normalized spacial score (nSPS) is 13.0. The van der Waals surface area contributed by atoms with Crippen molar-refractivity contribution in [1.29, 1.82) is 0 Å². The summed E-state index contributed by atoms with van der Waals surface area (Å²) in [5.41, 5.74) is 6.62. The number of fused-ring (bicyclic) bond motifs is 4. The molecule has 2 N–H and O–H groups in total. The molecular formula is C39H41N5O2. The molecule has 2 aromatic heterocycles. The van der Waals surface area contributed by atoms with Crippen molar-refractivity contribution in [2.75, 3.05) is 7.05 Å². The van der Waals surface area contributed by atoms with E-state index in [1.807, 2.05) is 62.2 Å². The van der Waals surface area contributed by atoms with Crippen molar-refractivity contribution in [1.82, 2.24) is 25.5 Å². The molecule has 0 radical (unpaired) electrons. The number of nitrogens with one attached hydrogen (secondary N) is 2. The molecule has 7 heteroatoms. The van der Waals surface area contributed by atoms with E-state index in [4.69, 9.17) is 9.97 Å². The van der Waals surface area contributed by atoms with Gasteiger partial charge >= 0.3 is 0 Å². The van der Waals surface area contributed by atoms with Gasteiger partial charge in [-0.15, -0.1) is 0 Å². The zero-order chi connectivity index (χ0) is 32.4. The highest BCUT2D eigenvalue weighted by molar-refractivity contribution is 6.09. The lowest BCUT2D eigenvalue weighted by atomic mass is 10.0. The van der Waals surface area contributed by atoms with Crippen molar-refractivity contribution < 1.29 is 9.59 Å². The van der Waals surface area contributed by atoms with Crippen LogP contribution in [0.1, 0.15) is 72.4 Å². The van der Waals surface area contributed by atoms with Crippen molar-refractivity contribution in [3.8, 4) is 0 Å². The van der Waals surface area contributed by atoms with E-state index in [-0.39, 0.29) is 24.1 Å². The van der Waals surface area contributed by atoms with E-state index in [0.29, 0.717) is 35.0 Å². The third-order valence-electron chi connectivity index (χ3n) is 9.11. The van der Waals surface area contributed by atoms with Gasteiger partial charge in [0.15, 0.2) is 0 Å². The largest absolute Gasteiger partial charge is 0.336 e. The molecule has 6 rings (SSSR count). The first kappa shape index (κ1) is 31.1. The number of rotatable bonds is 10. The second-order valence-electron chi connectivity index (χ2n) is 11.9. The number of hydrogen-bond donors (Lipinski definition) is 2. The Kier molecular flexibility index (Phi) is 8.95. The van der Waals surface area contributed by atoms with Crippen LogP contribution in [0.15, 0.2) is 84.9 Å². The number of carbonyl (C=O) groups is 2. The first-order valence-electron chi connectivity index (χ1n) is 16.3. The maximum absolute atomic E-state index is 13.8. The molecule has 7 nitrogen and oxygen atoms in total. The Morgan fingerprint density at radius 1 is 0.587 bits per heavy atom. The Morgan fingerprint density at radius 3 is 1.33 bits per heavy atom. The topological polar surface area (TPSA) is 87.2 Å². The maximum Gasteiger partial charge on any atom is 0.254 e. The fourth-order valence-corrected chi connectivity index (χ4v) is 6.49. The Morgan fingerprint density at radius 2 is 0.957 bits per heavy atom. The number of para-hydroxylation sites is 4. The Bertz CT molecular complexity index is 1940. The minimum Gasteiger partial charge on any atom is -0.336 e. The first-order chi connectivity index (χ1) is 22.4. The number of benzene rings is 4. The number of amides is 2. The van der Waals surface area contributed by atoms with Gasteiger partial charge < -0.3 is 10.6 Å². The molecule has 6 aromatic rings. The van der Waals surface area contributed by atoms with Crippen LogP contribution < -0.4 is 10.6 Å². The average molecular weight is 612 g/mol. The monoisotopic (exact) mass is 611 g/mol. The summed E-state index contributed by atoms with van der Waals surface area (Å²) in [6, 6.07) is 28.1. The number of hydrogen-bond acceptors (Lipinski definition) is 5. The average Bonchev–Trinajstić information content (AvgIpc) is 3.09. The van der Waals surface area contributed by atoms with Gasteiger partial charge in [-0.2, -0.15) is 0 Å². The molecule has 0 aliphatic heterocycles. The third kappa shape index (κ3) is 5.79. The first-order valence-corrected chi connectivity index (χ1v) is 16.3. The summed E-state index contributed by atoms with van der Waals surface area (Å²) < 4.78 is 0. The maximum atomic E-state index is 13.8. The number of pyridine rings is 2. The van der Waals surface area contributed by atoms with Gasteiger partial charge in [0, 0.05) is 21.5 Å². The third-order valence-corrected chi connectivity index (χ3v) is 9.11. The molecule has 0 bridgehead atoms. The van der Waals surface area contributed by atoms with E-state index >= 15 is 0 Å². The van der Waals surface area contributed by atoms with Crippen LogP contribution in [-0.4, -0.2) is 46.1 Å². The molecule has 0 aliphatic rings. The minimum atomic E-state index is -0.318. The summed E-state index contributed by atoms with van der Waals surface area (Å²) in [6.45, 7) is 8.29. The Labute approximate surface area is 270 Å². The van der Waals surface area contributed by atoms with Crippen molar-refractivity contribution >= 4 is 55.4 Å². The second-order valence-corrected chi connectivity index (χ2v) is 11.9. The summed E-state index contributed by atoms with van der Waals surface area (Å²) in [7, 11) is 1.94. The number of nitrogens with zero attached hydrogens (tertiary/aromatic N) is 3. The van der Waals surface area contributed by atoms with E-state index < -0.39 is 0 Å². The molecule has 0 fully saturated rings. The van der Waals surface area contributed by atoms with Crippen LogP contribution >= 0.6 is 0 Å². The van der Waals surface area contributed by atoms with Crippen molar-refractivity contribution in [3.05, 3.63) is 107 Å². The Hall–Kier alpha value is -4.88. The molecule has 0 saturated heterocycles. The van der Waals surface area contributed by atoms with Crippen LogP contribution in [-0.2, 0) is 12.8 Å². The van der Waals surface area contributed by atoms with Crippen LogP contribution in [0.4, 0.5) is 0 Å². The zero-order valence-electron chi connectivity index (χ0n) is 27.2. The van der Waals surface area contributed by atoms with Gasteiger partial charge in [0.25, 0.3) is 11.8 Å². The Balaban J connectivity index is 1.25. The lowest BCUT2D eigenvalue weighted by Gasteiger charge is -2.35. The van der Waals surface area contributed by atoms with Gasteiger partial charge in [-0.05, 0) is 68.1 Å². The van der Waals surface area contributed by atoms with E-state index in [0.717, 1.165) is 56.5 Å². The van der Waals surface area contributed by atoms with Crippen LogP contribution in [0.25, 0.3) is 43.6 Å². The summed E-state index contributed by atoms with van der Waals surface area (Å²) in [5, 5.41) is 10.4. The van der Waals surface area contributed by atoms with Crippen molar-refractivity contribution in [2.45, 2.75) is 65.7 Å². The van der Waals surface area contributed by atoms with Gasteiger partial charge in [0.1, 0.15) is 0 Å². The standard InChI is InChI=1S/C39H41N5O2/c1-6-24-14-10-16-26-22-28-18-12-20-30(36(28)42-34(24)26)38(45)40-32(8-3)44(5)33(9-4)41-39(46)31-21-13-19-29-23-27-17-11-15-25(7-2)35(27)43-37(29)31/h10-23,32-33H,6-9H2,1-5H3,(H,40,45)(H,41,46). The summed E-state index contributed by atoms with van der Waals surface area (Å²) in [4.78, 5) is 39.6. The highest BCUT2D eigenvalue weighted by atomic mass is 16.2. The predicted molar refractivity (Wildman–Crippen MR) is 188 cm³/mol. The summed E-state index contributed by atoms with van der Waals surface area (Å²) in [5.74, 6) is -0.383. The van der Waals surface area contributed by atoms with Crippen LogP contribution in [0.5, 0.6) is 0 Å². The van der Waals surface area contributed by atoms with E-state index in [2.05, 4.69) is 73.0 Å². The summed E-state index contributed by atoms with van der Waals surface area (Å²) >= 11 is 0. The van der Waals surface area contributed by atoms with Gasteiger partial charge in [-0.25, -0.2) is 9.97 Å². The number of aryl methyl sites for hydroxylation is 2. The van der Waals surface area contributed by atoms with E-state index in [9.17, 15) is 9.59 Å². The molecular weight excluding hydrogens is 570 g/mol. The quantitative estimate of drug-likeness (QED) is 0.122. The van der Waals surface area contributed by atoms with Gasteiger partial charge in [-0.1, -0.05) is 88.4 Å². The molecule has 2 unspecified atom stereocenters. The molecule has 0 saturated carbocycles. The van der Waals surface area contributed by atoms with E-state index in [1.165, 1.54) is 0 Å². The molecule has 2 atom stereocenters. The lowest BCUT2D eigenvalue weighted by molar-refractivity contribution is 0.0701. The van der Waals surface area contributed by atoms with Crippen molar-refractivity contribution in [3.63, 3.8) is 0 Å². The van der Waals surface area contributed by atoms with Crippen LogP contribution in [0.2, 0.25) is 0 Å². The molecule has 0 spiro atoms. The van der Waals surface area contributed by atoms with Crippen LogP contribution in [0.3, 0.4) is 0 Å². The SMILES string of the molecule is CCc1cccc2cc3cccc(C(=O)NC(CC)N(C)C(CC)NC(=O)c4cccc5cc6cccc(CC)c6nc45)c3nc12. The molecule has 0 aliphatic carbocycles. The van der Waals surface area contributed by atoms with Gasteiger partial charge in [0.2, 0.25) is 0 Å². The number of carbonyl (C=O) groups excluding carboxylic acids is 2. The highest BCUT2D eigenvalue weighted by Gasteiger charge is 2.26. The molecule has 234 valence electrons. The second kappa shape index (κ2) is 13.2. The van der Waals surface area contributed by atoms with E-state index in [1.54, 1.807) is 0 Å². The zero-order valence-corrected chi connectivity index (χ0v) is 27.2. The van der Waals surface area contributed by atoms with Gasteiger partial charge in [0.05, 0.1) is 45.5 Å². The fourth-order valence-electron chi connectivity index (χ4n) is 6.49. The highest BCUT2D eigenvalue weighted by Crippen LogP contribution is 2.27. The van der Waals surface area contributed by atoms with Gasteiger partial charge in [-0.3, -0.25) is 14.5 Å². The molecule has 46 heavy (non-hydrogen) atoms. The predicted octanol–water partition coefficient (Wildman–Crippen LogP) is 7.78. The molecule has 2 heterocycles. The van der Waals surface area contributed by atoms with Crippen molar-refractivity contribution in [2.24, 2.45) is 0 Å². The molecule has 2 amide bonds. The number of aromatic nitrogens is 2. The summed E-state index contributed by atoms with van der Waals surface area (Å²) in [6.07, 6.45) is 2.39.